The number of halogens is 2. The number of carbonyl (C=O) groups is 1. The molecule has 1 saturated heterocycles. The van der Waals surface area contributed by atoms with Gasteiger partial charge in [-0.1, -0.05) is 52.3 Å². The summed E-state index contributed by atoms with van der Waals surface area (Å²) in [5.41, 5.74) is 2.69. The summed E-state index contributed by atoms with van der Waals surface area (Å²) in [6, 6.07) is 21.4. The van der Waals surface area contributed by atoms with Gasteiger partial charge in [0, 0.05) is 4.47 Å². The predicted octanol–water partition coefficient (Wildman–Crippen LogP) is 6.53. The fraction of sp³-hybridized carbons (Fsp3) is 0.0833. The number of amides is 1. The molecule has 3 aromatic carbocycles. The van der Waals surface area contributed by atoms with Crippen molar-refractivity contribution in [2.24, 2.45) is 4.99 Å². The molecule has 0 radical (unpaired) electrons. The van der Waals surface area contributed by atoms with Gasteiger partial charge in [-0.05, 0) is 81.9 Å². The van der Waals surface area contributed by atoms with Crippen molar-refractivity contribution in [3.63, 3.8) is 0 Å². The molecule has 0 saturated carbocycles. The van der Waals surface area contributed by atoms with E-state index in [-0.39, 0.29) is 5.91 Å². The van der Waals surface area contributed by atoms with Crippen LogP contribution in [0.25, 0.3) is 6.08 Å². The molecule has 32 heavy (non-hydrogen) atoms. The average Bonchev–Trinajstić information content (AvgIpc) is 3.11. The van der Waals surface area contributed by atoms with E-state index in [1.165, 1.54) is 11.8 Å². The molecule has 5 nitrogen and oxygen atoms in total. The summed E-state index contributed by atoms with van der Waals surface area (Å²) < 4.78 is 13.4. The first-order valence-corrected chi connectivity index (χ1v) is 12.3. The number of aliphatic imine (C=N–C) groups is 1. The van der Waals surface area contributed by atoms with Crippen molar-refractivity contribution in [1.82, 2.24) is 5.32 Å². The van der Waals surface area contributed by atoms with Crippen molar-refractivity contribution in [3.8, 4) is 11.5 Å². The van der Waals surface area contributed by atoms with Gasteiger partial charge in [0.1, 0.15) is 6.61 Å². The number of methoxy groups -OCH3 is 1. The SMILES string of the molecule is COc1cc(/C=C2\SC(=Nc3cccc(Br)c3)NC2=O)cc(I)c1OCc1ccccc1. The lowest BCUT2D eigenvalue weighted by Gasteiger charge is -2.14. The van der Waals surface area contributed by atoms with Gasteiger partial charge in [-0.2, -0.15) is 0 Å². The number of hydrogen-bond acceptors (Lipinski definition) is 5. The lowest BCUT2D eigenvalue weighted by atomic mass is 10.2. The number of ether oxygens (including phenoxy) is 2. The normalized spacial score (nSPS) is 15.8. The Kier molecular flexibility index (Phi) is 7.54. The number of thioether (sulfide) groups is 1. The number of rotatable bonds is 6. The molecule has 0 aromatic heterocycles. The molecule has 1 fully saturated rings. The van der Waals surface area contributed by atoms with Crippen molar-refractivity contribution in [2.45, 2.75) is 6.61 Å². The van der Waals surface area contributed by atoms with E-state index in [2.05, 4.69) is 48.8 Å². The van der Waals surface area contributed by atoms with Gasteiger partial charge in [-0.15, -0.1) is 0 Å². The zero-order chi connectivity index (χ0) is 22.5. The smallest absolute Gasteiger partial charge is 0.264 e. The Hall–Kier alpha value is -2.30. The Morgan fingerprint density at radius 1 is 1.12 bits per heavy atom. The summed E-state index contributed by atoms with van der Waals surface area (Å²) in [7, 11) is 1.61. The fourth-order valence-corrected chi connectivity index (χ4v) is 5.00. The minimum Gasteiger partial charge on any atom is -0.493 e. The average molecular weight is 621 g/mol. The Morgan fingerprint density at radius 3 is 2.69 bits per heavy atom. The maximum Gasteiger partial charge on any atom is 0.264 e. The van der Waals surface area contributed by atoms with E-state index in [9.17, 15) is 4.79 Å². The van der Waals surface area contributed by atoms with E-state index in [1.807, 2.05) is 72.8 Å². The fourth-order valence-electron chi connectivity index (χ4n) is 2.99. The molecule has 8 heteroatoms. The highest BCUT2D eigenvalue weighted by Gasteiger charge is 2.24. The molecule has 4 rings (SSSR count). The van der Waals surface area contributed by atoms with Crippen molar-refractivity contribution in [2.75, 3.05) is 7.11 Å². The molecule has 0 unspecified atom stereocenters. The van der Waals surface area contributed by atoms with E-state index in [4.69, 9.17) is 9.47 Å². The first-order valence-electron chi connectivity index (χ1n) is 9.61. The van der Waals surface area contributed by atoms with Crippen LogP contribution in [0, 0.1) is 3.57 Å². The molecule has 1 heterocycles. The molecular formula is C24H18BrIN2O3S. The van der Waals surface area contributed by atoms with Gasteiger partial charge >= 0.3 is 0 Å². The lowest BCUT2D eigenvalue weighted by Crippen LogP contribution is -2.19. The molecular weight excluding hydrogens is 603 g/mol. The van der Waals surface area contributed by atoms with Gasteiger partial charge in [0.2, 0.25) is 0 Å². The van der Waals surface area contributed by atoms with Crippen LogP contribution in [0.15, 0.2) is 81.1 Å². The first-order chi connectivity index (χ1) is 15.5. The molecule has 3 aromatic rings. The van der Waals surface area contributed by atoms with E-state index >= 15 is 0 Å². The second-order valence-electron chi connectivity index (χ2n) is 6.77. The number of benzene rings is 3. The highest BCUT2D eigenvalue weighted by atomic mass is 127. The second-order valence-corrected chi connectivity index (χ2v) is 9.88. The Bertz CT molecular complexity index is 1220. The summed E-state index contributed by atoms with van der Waals surface area (Å²) in [6.45, 7) is 0.446. The second kappa shape index (κ2) is 10.5. The summed E-state index contributed by atoms with van der Waals surface area (Å²) >= 11 is 6.96. The van der Waals surface area contributed by atoms with Gasteiger partial charge in [0.25, 0.3) is 5.91 Å². The van der Waals surface area contributed by atoms with Crippen LogP contribution in [-0.4, -0.2) is 18.2 Å². The van der Waals surface area contributed by atoms with E-state index < -0.39 is 0 Å². The van der Waals surface area contributed by atoms with E-state index in [0.29, 0.717) is 28.2 Å². The molecule has 1 aliphatic heterocycles. The summed E-state index contributed by atoms with van der Waals surface area (Å²) in [5.74, 6) is 1.12. The van der Waals surface area contributed by atoms with Crippen molar-refractivity contribution >= 4 is 73.1 Å². The number of amidine groups is 1. The van der Waals surface area contributed by atoms with Crippen LogP contribution < -0.4 is 14.8 Å². The summed E-state index contributed by atoms with van der Waals surface area (Å²) in [4.78, 5) is 17.5. The summed E-state index contributed by atoms with van der Waals surface area (Å²) in [6.07, 6.45) is 1.83. The number of nitrogens with one attached hydrogen (secondary N) is 1. The van der Waals surface area contributed by atoms with Crippen LogP contribution in [0.1, 0.15) is 11.1 Å². The largest absolute Gasteiger partial charge is 0.493 e. The quantitative estimate of drug-likeness (QED) is 0.251. The van der Waals surface area contributed by atoms with Crippen LogP contribution in [0.4, 0.5) is 5.69 Å². The third-order valence-electron chi connectivity index (χ3n) is 4.47. The van der Waals surface area contributed by atoms with Crippen molar-refractivity contribution < 1.29 is 14.3 Å². The molecule has 0 atom stereocenters. The molecule has 162 valence electrons. The highest BCUT2D eigenvalue weighted by Crippen LogP contribution is 2.36. The molecule has 0 bridgehead atoms. The zero-order valence-electron chi connectivity index (χ0n) is 17.0. The van der Waals surface area contributed by atoms with Crippen LogP contribution >= 0.6 is 50.3 Å². The number of nitrogens with zero attached hydrogens (tertiary/aromatic N) is 1. The maximum absolute atomic E-state index is 12.5. The highest BCUT2D eigenvalue weighted by molar-refractivity contribution is 14.1. The standard InChI is InChI=1S/C24H18BrIN2O3S/c1-30-20-11-16(10-19(26)22(20)31-14-15-6-3-2-4-7-15)12-21-23(29)28-24(32-21)27-18-9-5-8-17(25)13-18/h2-13H,14H2,1H3,(H,27,28,29)/b21-12-. The Morgan fingerprint density at radius 2 is 1.94 bits per heavy atom. The van der Waals surface area contributed by atoms with Gasteiger partial charge < -0.3 is 14.8 Å². The van der Waals surface area contributed by atoms with Gasteiger partial charge in [0.05, 0.1) is 21.3 Å². The molecule has 1 amide bonds. The lowest BCUT2D eigenvalue weighted by molar-refractivity contribution is -0.115. The van der Waals surface area contributed by atoms with Crippen LogP contribution in [0.5, 0.6) is 11.5 Å². The monoisotopic (exact) mass is 620 g/mol. The van der Waals surface area contributed by atoms with Crippen molar-refractivity contribution in [1.29, 1.82) is 0 Å². The maximum atomic E-state index is 12.5. The molecule has 1 N–H and O–H groups in total. The minimum absolute atomic E-state index is 0.179. The first kappa shape index (κ1) is 22.9. The molecule has 0 spiro atoms. The zero-order valence-corrected chi connectivity index (χ0v) is 21.5. The Balaban J connectivity index is 1.54. The third kappa shape index (κ3) is 5.73. The van der Waals surface area contributed by atoms with E-state index in [1.54, 1.807) is 7.11 Å². The number of carbonyl (C=O) groups excluding carboxylic acids is 1. The predicted molar refractivity (Wildman–Crippen MR) is 141 cm³/mol. The van der Waals surface area contributed by atoms with Gasteiger partial charge in [0.15, 0.2) is 16.7 Å². The van der Waals surface area contributed by atoms with Gasteiger partial charge in [-0.25, -0.2) is 4.99 Å². The minimum atomic E-state index is -0.179. The van der Waals surface area contributed by atoms with Crippen molar-refractivity contribution in [3.05, 3.63) is 90.8 Å². The van der Waals surface area contributed by atoms with Gasteiger partial charge in [-0.3, -0.25) is 4.79 Å². The summed E-state index contributed by atoms with van der Waals surface area (Å²) in [5, 5.41) is 3.36. The topological polar surface area (TPSA) is 59.9 Å². The molecule has 0 aliphatic carbocycles. The Labute approximate surface area is 212 Å². The molecule has 1 aliphatic rings. The van der Waals surface area contributed by atoms with Crippen LogP contribution in [0.3, 0.4) is 0 Å². The number of hydrogen-bond donors (Lipinski definition) is 1. The van der Waals surface area contributed by atoms with Crippen LogP contribution in [0.2, 0.25) is 0 Å². The van der Waals surface area contributed by atoms with Crippen LogP contribution in [-0.2, 0) is 11.4 Å². The van der Waals surface area contributed by atoms with E-state index in [0.717, 1.165) is 24.9 Å². The third-order valence-corrected chi connectivity index (χ3v) is 6.67.